The van der Waals surface area contributed by atoms with Crippen molar-refractivity contribution in [2.45, 2.75) is 65.2 Å². The molecule has 31 heavy (non-hydrogen) atoms. The number of aromatic nitrogens is 1. The molecule has 1 N–H and O–H groups in total. The molecule has 0 aliphatic heterocycles. The molecule has 1 heterocycles. The third-order valence-corrected chi connectivity index (χ3v) is 4.75. The first-order chi connectivity index (χ1) is 14.2. The summed E-state index contributed by atoms with van der Waals surface area (Å²) in [6, 6.07) is 4.51. The maximum atomic E-state index is 12.8. The number of fused-ring (bicyclic) bond motifs is 1. The number of amides is 1. The van der Waals surface area contributed by atoms with Crippen LogP contribution in [0.25, 0.3) is 10.9 Å². The molecule has 0 spiro atoms. The van der Waals surface area contributed by atoms with Crippen molar-refractivity contribution in [2.75, 3.05) is 5.88 Å². The number of halogens is 2. The number of nitrogens with one attached hydrogen (secondary N) is 1. The summed E-state index contributed by atoms with van der Waals surface area (Å²) in [7, 11) is 0. The van der Waals surface area contributed by atoms with Crippen molar-refractivity contribution in [1.29, 1.82) is 0 Å². The van der Waals surface area contributed by atoms with E-state index in [1.165, 1.54) is 4.57 Å². The van der Waals surface area contributed by atoms with Crippen molar-refractivity contribution in [1.82, 2.24) is 9.88 Å². The number of ether oxygens (including phenoxy) is 2. The van der Waals surface area contributed by atoms with E-state index in [2.05, 4.69) is 21.2 Å². The van der Waals surface area contributed by atoms with Crippen molar-refractivity contribution < 1.29 is 23.9 Å². The van der Waals surface area contributed by atoms with Crippen molar-refractivity contribution in [3.05, 3.63) is 34.4 Å². The van der Waals surface area contributed by atoms with Gasteiger partial charge in [0.2, 0.25) is 5.91 Å². The zero-order valence-electron chi connectivity index (χ0n) is 18.5. The van der Waals surface area contributed by atoms with Crippen LogP contribution in [0.1, 0.15) is 47.1 Å². The predicted octanol–water partition coefficient (Wildman–Crippen LogP) is 4.79. The van der Waals surface area contributed by atoms with Gasteiger partial charge in [-0.2, -0.15) is 0 Å². The Labute approximate surface area is 195 Å². The molecule has 0 unspecified atom stereocenters. The van der Waals surface area contributed by atoms with Crippen LogP contribution in [-0.2, 0) is 25.5 Å². The summed E-state index contributed by atoms with van der Waals surface area (Å²) >= 11 is 9.05. The third-order valence-electron chi connectivity index (χ3n) is 4.01. The van der Waals surface area contributed by atoms with Gasteiger partial charge in [-0.05, 0) is 59.2 Å². The predicted molar refractivity (Wildman–Crippen MR) is 123 cm³/mol. The summed E-state index contributed by atoms with van der Waals surface area (Å²) in [5.41, 5.74) is -0.104. The van der Waals surface area contributed by atoms with Crippen LogP contribution in [0.15, 0.2) is 28.9 Å². The smallest absolute Gasteiger partial charge is 0.419 e. The van der Waals surface area contributed by atoms with Gasteiger partial charge in [0.25, 0.3) is 0 Å². The molecule has 0 radical (unpaired) electrons. The van der Waals surface area contributed by atoms with Crippen LogP contribution >= 0.6 is 27.5 Å². The first-order valence-corrected chi connectivity index (χ1v) is 11.1. The summed E-state index contributed by atoms with van der Waals surface area (Å²) in [5.74, 6) is -1.36. The van der Waals surface area contributed by atoms with E-state index >= 15 is 0 Å². The number of nitrogens with zero attached hydrogens (tertiary/aromatic N) is 1. The minimum absolute atomic E-state index is 0.117. The molecule has 1 aromatic heterocycles. The second-order valence-corrected chi connectivity index (χ2v) is 10.3. The Bertz CT molecular complexity index is 988. The summed E-state index contributed by atoms with van der Waals surface area (Å²) in [6.45, 7) is 10.6. The van der Waals surface area contributed by atoms with E-state index in [4.69, 9.17) is 21.1 Å². The van der Waals surface area contributed by atoms with Gasteiger partial charge < -0.3 is 14.8 Å². The Morgan fingerprint density at radius 2 is 1.71 bits per heavy atom. The van der Waals surface area contributed by atoms with Crippen LogP contribution in [-0.4, -0.2) is 45.7 Å². The zero-order valence-corrected chi connectivity index (χ0v) is 20.9. The van der Waals surface area contributed by atoms with E-state index in [0.29, 0.717) is 11.1 Å². The molecule has 2 rings (SSSR count). The Kier molecular flexibility index (Phi) is 7.81. The normalized spacial score (nSPS) is 13.0. The van der Waals surface area contributed by atoms with Gasteiger partial charge in [0.15, 0.2) is 0 Å². The molecule has 0 bridgehead atoms. The minimum atomic E-state index is -0.966. The van der Waals surface area contributed by atoms with Crippen LogP contribution in [0.2, 0.25) is 0 Å². The molecule has 1 atom stereocenters. The standard InChI is InChI=1S/C22H28BrClN2O5/c1-21(2,3)30-19(28)16(25-18(27)11-24)9-13-12-26(20(29)31-22(4,5)6)17-10-14(23)7-8-15(13)17/h7-8,10,12,16H,9,11H2,1-6H3,(H,25,27)/t16-/m0/s1. The molecule has 1 amide bonds. The third kappa shape index (κ3) is 7.25. The maximum absolute atomic E-state index is 12.8. The topological polar surface area (TPSA) is 86.6 Å². The fourth-order valence-electron chi connectivity index (χ4n) is 2.91. The van der Waals surface area contributed by atoms with Crippen LogP contribution in [0, 0.1) is 0 Å². The average Bonchev–Trinajstić information content (AvgIpc) is 2.95. The highest BCUT2D eigenvalue weighted by atomic mass is 79.9. The van der Waals surface area contributed by atoms with Gasteiger partial charge in [0, 0.05) is 22.5 Å². The number of hydrogen-bond donors (Lipinski definition) is 1. The van der Waals surface area contributed by atoms with E-state index in [0.717, 1.165) is 9.86 Å². The maximum Gasteiger partial charge on any atom is 0.419 e. The van der Waals surface area contributed by atoms with Gasteiger partial charge in [0.1, 0.15) is 23.1 Å². The van der Waals surface area contributed by atoms with Crippen molar-refractivity contribution in [3.8, 4) is 0 Å². The molecule has 0 fully saturated rings. The molecule has 0 saturated carbocycles. The molecule has 1 aromatic carbocycles. The molecule has 0 saturated heterocycles. The van der Waals surface area contributed by atoms with Crippen LogP contribution in [0.3, 0.4) is 0 Å². The van der Waals surface area contributed by atoms with Gasteiger partial charge in [-0.15, -0.1) is 11.6 Å². The number of carbonyl (C=O) groups excluding carboxylic acids is 3. The second-order valence-electron chi connectivity index (χ2n) is 9.16. The highest BCUT2D eigenvalue weighted by molar-refractivity contribution is 9.10. The van der Waals surface area contributed by atoms with Crippen molar-refractivity contribution in [2.24, 2.45) is 0 Å². The van der Waals surface area contributed by atoms with E-state index in [9.17, 15) is 14.4 Å². The van der Waals surface area contributed by atoms with Crippen LogP contribution in [0.4, 0.5) is 4.79 Å². The van der Waals surface area contributed by atoms with Gasteiger partial charge in [-0.3, -0.25) is 9.36 Å². The van der Waals surface area contributed by atoms with Gasteiger partial charge in [-0.1, -0.05) is 22.0 Å². The first-order valence-electron chi connectivity index (χ1n) is 9.81. The van der Waals surface area contributed by atoms with Crippen molar-refractivity contribution >= 4 is 56.4 Å². The Morgan fingerprint density at radius 3 is 2.26 bits per heavy atom. The van der Waals surface area contributed by atoms with Gasteiger partial charge in [-0.25, -0.2) is 9.59 Å². The molecule has 2 aromatic rings. The molecule has 170 valence electrons. The van der Waals surface area contributed by atoms with E-state index in [1.54, 1.807) is 53.8 Å². The van der Waals surface area contributed by atoms with Gasteiger partial charge in [0.05, 0.1) is 5.52 Å². The number of rotatable bonds is 5. The lowest BCUT2D eigenvalue weighted by Gasteiger charge is -2.24. The monoisotopic (exact) mass is 514 g/mol. The highest BCUT2D eigenvalue weighted by Gasteiger charge is 2.29. The molecule has 9 heteroatoms. The minimum Gasteiger partial charge on any atom is -0.458 e. The average molecular weight is 516 g/mol. The fourth-order valence-corrected chi connectivity index (χ4v) is 3.34. The largest absolute Gasteiger partial charge is 0.458 e. The molecular formula is C22H28BrClN2O5. The second kappa shape index (κ2) is 9.61. The Morgan fingerprint density at radius 1 is 1.10 bits per heavy atom. The summed E-state index contributed by atoms with van der Waals surface area (Å²) in [6.07, 6.45) is 1.20. The molecule has 0 aliphatic rings. The number of hydrogen-bond acceptors (Lipinski definition) is 5. The Balaban J connectivity index is 2.48. The summed E-state index contributed by atoms with van der Waals surface area (Å²) in [5, 5.41) is 3.36. The number of alkyl halides is 1. The van der Waals surface area contributed by atoms with E-state index < -0.39 is 35.2 Å². The molecule has 0 aliphatic carbocycles. The molecular weight excluding hydrogens is 488 g/mol. The lowest BCUT2D eigenvalue weighted by molar-refractivity contribution is -0.158. The van der Waals surface area contributed by atoms with E-state index in [1.807, 2.05) is 12.1 Å². The number of benzene rings is 1. The van der Waals surface area contributed by atoms with Crippen molar-refractivity contribution in [3.63, 3.8) is 0 Å². The Hall–Kier alpha value is -2.06. The van der Waals surface area contributed by atoms with Crippen LogP contribution < -0.4 is 5.32 Å². The quantitative estimate of drug-likeness (QED) is 0.457. The van der Waals surface area contributed by atoms with Crippen LogP contribution in [0.5, 0.6) is 0 Å². The fraction of sp³-hybridized carbons (Fsp3) is 0.500. The van der Waals surface area contributed by atoms with E-state index in [-0.39, 0.29) is 12.3 Å². The first kappa shape index (κ1) is 25.2. The summed E-state index contributed by atoms with van der Waals surface area (Å²) in [4.78, 5) is 37.4. The lowest BCUT2D eigenvalue weighted by Crippen LogP contribution is -2.46. The highest BCUT2D eigenvalue weighted by Crippen LogP contribution is 2.27. The SMILES string of the molecule is CC(C)(C)OC(=O)[C@H](Cc1cn(C(=O)OC(C)(C)C)c2cc(Br)ccc12)NC(=O)CCl. The zero-order chi connectivity index (χ0) is 23.6. The lowest BCUT2D eigenvalue weighted by atomic mass is 10.0. The van der Waals surface area contributed by atoms with Gasteiger partial charge >= 0.3 is 12.1 Å². The number of carbonyl (C=O) groups is 3. The number of esters is 1. The molecule has 7 nitrogen and oxygen atoms in total. The summed E-state index contributed by atoms with van der Waals surface area (Å²) < 4.78 is 13.2.